The molecule has 0 fully saturated rings. The molecule has 31 heavy (non-hydrogen) atoms. The van der Waals surface area contributed by atoms with Crippen LogP contribution in [-0.2, 0) is 0 Å². The number of nitrogens with zero attached hydrogens (tertiary/aromatic N) is 2. The first kappa shape index (κ1) is 22.4. The maximum atomic E-state index is 12.4. The summed E-state index contributed by atoms with van der Waals surface area (Å²) in [7, 11) is 0. The van der Waals surface area contributed by atoms with E-state index in [9.17, 15) is 4.79 Å². The molecule has 4 aromatic rings. The fraction of sp³-hybridized carbons (Fsp3) is 0.130. The van der Waals surface area contributed by atoms with Crippen LogP contribution in [0.25, 0.3) is 22.6 Å². The van der Waals surface area contributed by atoms with Crippen LogP contribution in [0.5, 0.6) is 0 Å². The number of rotatable bonds is 4. The highest BCUT2D eigenvalue weighted by atomic mass is 35.5. The lowest BCUT2D eigenvalue weighted by atomic mass is 10.0. The number of hydrogen-bond donors (Lipinski definition) is 2. The topological polar surface area (TPSA) is 80.0 Å². The van der Waals surface area contributed by atoms with E-state index in [1.807, 2.05) is 42.5 Å². The van der Waals surface area contributed by atoms with Crippen LogP contribution in [0.1, 0.15) is 35.7 Å². The molecule has 2 aromatic heterocycles. The minimum Gasteiger partial charge on any atom is -0.436 e. The Bertz CT molecular complexity index is 1210. The Hall–Kier alpha value is -3.29. The minimum atomic E-state index is -0.259. The number of carbonyl (C=O) groups is 1. The first-order valence-corrected chi connectivity index (χ1v) is 9.94. The second-order valence-electron chi connectivity index (χ2n) is 7.12. The Balaban J connectivity index is 0.00000272. The average Bonchev–Trinajstić information content (AvgIpc) is 3.18. The molecule has 0 saturated heterocycles. The van der Waals surface area contributed by atoms with Gasteiger partial charge in [-0.1, -0.05) is 26.0 Å². The molecule has 0 spiro atoms. The Morgan fingerprint density at radius 1 is 1.03 bits per heavy atom. The number of fused-ring (bicyclic) bond motifs is 1. The van der Waals surface area contributed by atoms with Gasteiger partial charge in [-0.15, -0.1) is 12.4 Å². The van der Waals surface area contributed by atoms with Gasteiger partial charge in [-0.25, -0.2) is 4.98 Å². The first-order chi connectivity index (χ1) is 14.5. The molecular weight excluding hydrogens is 432 g/mol. The second-order valence-corrected chi connectivity index (χ2v) is 7.53. The monoisotopic (exact) mass is 452 g/mol. The molecule has 0 atom stereocenters. The Kier molecular flexibility index (Phi) is 6.99. The van der Waals surface area contributed by atoms with E-state index < -0.39 is 0 Å². The lowest BCUT2D eigenvalue weighted by molar-refractivity contribution is 0.0977. The quantitative estimate of drug-likeness (QED) is 0.394. The normalized spacial score (nSPS) is 10.5. The molecule has 2 heterocycles. The summed E-state index contributed by atoms with van der Waals surface area (Å²) in [5.41, 5.74) is 4.63. The van der Waals surface area contributed by atoms with Gasteiger partial charge in [-0.05, 0) is 66.2 Å². The number of aromatic nitrogens is 2. The summed E-state index contributed by atoms with van der Waals surface area (Å²) in [6, 6.07) is 16.6. The van der Waals surface area contributed by atoms with Gasteiger partial charge in [-0.2, -0.15) is 0 Å². The van der Waals surface area contributed by atoms with Crippen molar-refractivity contribution < 1.29 is 9.21 Å². The number of hydrogen-bond acceptors (Lipinski definition) is 5. The van der Waals surface area contributed by atoms with Crippen LogP contribution in [0.4, 0.5) is 5.69 Å². The van der Waals surface area contributed by atoms with Crippen LogP contribution < -0.4 is 10.6 Å². The van der Waals surface area contributed by atoms with Crippen molar-refractivity contribution in [3.63, 3.8) is 0 Å². The standard InChI is InChI=1S/C23H20N4O2S.ClH/c1-14(2)15-3-5-16(6-4-15)21(28)27-23(30)25-18-7-8-20-19(13-18)26-22(29-20)17-9-11-24-12-10-17;/h3-14H,1-2H3,(H2,25,27,28,30);1H. The fourth-order valence-electron chi connectivity index (χ4n) is 2.98. The lowest BCUT2D eigenvalue weighted by Gasteiger charge is -2.10. The number of anilines is 1. The second kappa shape index (κ2) is 9.68. The molecule has 158 valence electrons. The molecule has 0 bridgehead atoms. The summed E-state index contributed by atoms with van der Waals surface area (Å²) < 4.78 is 5.79. The maximum absolute atomic E-state index is 12.4. The zero-order chi connectivity index (χ0) is 21.1. The highest BCUT2D eigenvalue weighted by molar-refractivity contribution is 7.80. The van der Waals surface area contributed by atoms with Crippen molar-refractivity contribution in [2.75, 3.05) is 5.32 Å². The average molecular weight is 453 g/mol. The Morgan fingerprint density at radius 2 is 1.74 bits per heavy atom. The predicted molar refractivity (Wildman–Crippen MR) is 129 cm³/mol. The van der Waals surface area contributed by atoms with Crippen molar-refractivity contribution in [3.05, 3.63) is 78.1 Å². The molecule has 0 aliphatic rings. The van der Waals surface area contributed by atoms with Gasteiger partial charge in [-0.3, -0.25) is 15.1 Å². The van der Waals surface area contributed by atoms with Gasteiger partial charge in [0.2, 0.25) is 5.89 Å². The number of oxazole rings is 1. The third-order valence-corrected chi connectivity index (χ3v) is 4.84. The van der Waals surface area contributed by atoms with E-state index in [0.29, 0.717) is 34.2 Å². The summed E-state index contributed by atoms with van der Waals surface area (Å²) in [6.45, 7) is 4.22. The van der Waals surface area contributed by atoms with Gasteiger partial charge >= 0.3 is 0 Å². The fourth-order valence-corrected chi connectivity index (χ4v) is 3.19. The summed E-state index contributed by atoms with van der Waals surface area (Å²) >= 11 is 5.29. The van der Waals surface area contributed by atoms with Crippen LogP contribution in [0.3, 0.4) is 0 Å². The van der Waals surface area contributed by atoms with Gasteiger partial charge in [0.25, 0.3) is 5.91 Å². The van der Waals surface area contributed by atoms with E-state index in [1.54, 1.807) is 24.5 Å². The minimum absolute atomic E-state index is 0. The summed E-state index contributed by atoms with van der Waals surface area (Å²) in [5.74, 6) is 0.672. The molecule has 0 saturated carbocycles. The van der Waals surface area contributed by atoms with E-state index in [2.05, 4.69) is 34.4 Å². The number of amides is 1. The molecule has 1 amide bonds. The van der Waals surface area contributed by atoms with Crippen molar-refractivity contribution in [1.29, 1.82) is 0 Å². The number of nitrogens with one attached hydrogen (secondary N) is 2. The zero-order valence-corrected chi connectivity index (χ0v) is 18.6. The van der Waals surface area contributed by atoms with Crippen LogP contribution in [0.2, 0.25) is 0 Å². The molecule has 0 aliphatic heterocycles. The smallest absolute Gasteiger partial charge is 0.257 e. The highest BCUT2D eigenvalue weighted by Gasteiger charge is 2.11. The molecule has 4 rings (SSSR count). The molecule has 6 nitrogen and oxygen atoms in total. The Labute approximate surface area is 191 Å². The number of thiocarbonyl (C=S) groups is 1. The first-order valence-electron chi connectivity index (χ1n) is 9.53. The third kappa shape index (κ3) is 5.25. The van der Waals surface area contributed by atoms with E-state index in [1.165, 1.54) is 5.56 Å². The van der Waals surface area contributed by atoms with E-state index >= 15 is 0 Å². The van der Waals surface area contributed by atoms with E-state index in [0.717, 1.165) is 5.56 Å². The third-order valence-electron chi connectivity index (χ3n) is 4.64. The van der Waals surface area contributed by atoms with Gasteiger partial charge in [0, 0.05) is 29.2 Å². The SMILES string of the molecule is CC(C)c1ccc(C(=O)NC(=S)Nc2ccc3oc(-c4ccncc4)nc3c2)cc1.Cl. The molecule has 2 N–H and O–H groups in total. The van der Waals surface area contributed by atoms with Gasteiger partial charge in [0.05, 0.1) is 0 Å². The van der Waals surface area contributed by atoms with Gasteiger partial charge in [0.1, 0.15) is 5.52 Å². The largest absolute Gasteiger partial charge is 0.436 e. The van der Waals surface area contributed by atoms with Gasteiger partial charge < -0.3 is 9.73 Å². The Morgan fingerprint density at radius 3 is 2.42 bits per heavy atom. The summed E-state index contributed by atoms with van der Waals surface area (Å²) in [6.07, 6.45) is 3.38. The van der Waals surface area contributed by atoms with E-state index in [4.69, 9.17) is 16.6 Å². The lowest BCUT2D eigenvalue weighted by Crippen LogP contribution is -2.34. The molecule has 0 unspecified atom stereocenters. The molecule has 0 aliphatic carbocycles. The van der Waals surface area contributed by atoms with Crippen LogP contribution >= 0.6 is 24.6 Å². The van der Waals surface area contributed by atoms with Gasteiger partial charge in [0.15, 0.2) is 10.7 Å². The molecule has 2 aromatic carbocycles. The number of carbonyl (C=O) groups excluding carboxylic acids is 1. The molecular formula is C23H21ClN4O2S. The highest BCUT2D eigenvalue weighted by Crippen LogP contribution is 2.25. The summed E-state index contributed by atoms with van der Waals surface area (Å²) in [5, 5.41) is 5.94. The van der Waals surface area contributed by atoms with E-state index in [-0.39, 0.29) is 23.4 Å². The van der Waals surface area contributed by atoms with Crippen molar-refractivity contribution >= 4 is 52.4 Å². The van der Waals surface area contributed by atoms with Crippen molar-refractivity contribution in [3.8, 4) is 11.5 Å². The van der Waals surface area contributed by atoms with Crippen molar-refractivity contribution in [1.82, 2.24) is 15.3 Å². The molecule has 0 radical (unpaired) electrons. The van der Waals surface area contributed by atoms with Crippen LogP contribution in [0, 0.1) is 0 Å². The van der Waals surface area contributed by atoms with Crippen molar-refractivity contribution in [2.45, 2.75) is 19.8 Å². The number of pyridine rings is 1. The summed E-state index contributed by atoms with van der Waals surface area (Å²) in [4.78, 5) is 20.9. The molecule has 8 heteroatoms. The van der Waals surface area contributed by atoms with Crippen LogP contribution in [-0.4, -0.2) is 21.0 Å². The predicted octanol–water partition coefficient (Wildman–Crippen LogP) is 5.56. The zero-order valence-electron chi connectivity index (χ0n) is 17.0. The number of benzene rings is 2. The maximum Gasteiger partial charge on any atom is 0.257 e. The van der Waals surface area contributed by atoms with Crippen molar-refractivity contribution in [2.24, 2.45) is 0 Å². The van der Waals surface area contributed by atoms with Crippen LogP contribution in [0.15, 0.2) is 71.4 Å². The number of halogens is 1.